The maximum absolute atomic E-state index is 12.9. The van der Waals surface area contributed by atoms with Crippen molar-refractivity contribution in [1.29, 1.82) is 0 Å². The van der Waals surface area contributed by atoms with Gasteiger partial charge >= 0.3 is 5.97 Å². The van der Waals surface area contributed by atoms with E-state index < -0.39 is 11.9 Å². The number of amides is 2. The Labute approximate surface area is 264 Å². The Morgan fingerprint density at radius 3 is 2.42 bits per heavy atom. The molecule has 1 heterocycles. The largest absolute Gasteiger partial charge is 0.490 e. The van der Waals surface area contributed by atoms with Gasteiger partial charge < -0.3 is 14.8 Å². The molecule has 0 saturated heterocycles. The van der Waals surface area contributed by atoms with Crippen LogP contribution in [0.5, 0.6) is 11.5 Å². The first kappa shape index (κ1) is 30.0. The second kappa shape index (κ2) is 13.6. The number of carbonyl (C=O) groups excluding carboxylic acids is 3. The van der Waals surface area contributed by atoms with Crippen LogP contribution >= 0.6 is 38.9 Å². The number of hydrogen-bond acceptors (Lipinski definition) is 7. The van der Waals surface area contributed by atoms with Crippen molar-refractivity contribution in [3.05, 3.63) is 122 Å². The van der Waals surface area contributed by atoms with Crippen LogP contribution in [0, 0.1) is 0 Å². The molecule has 0 fully saturated rings. The minimum atomic E-state index is -0.502. The zero-order valence-electron chi connectivity index (χ0n) is 22.6. The molecule has 43 heavy (non-hydrogen) atoms. The molecule has 0 aliphatic rings. The number of hydrogen-bond donors (Lipinski definition) is 2. The van der Waals surface area contributed by atoms with E-state index in [0.717, 1.165) is 14.6 Å². The van der Waals surface area contributed by atoms with E-state index in [1.807, 2.05) is 31.2 Å². The number of nitrogens with zero attached hydrogens (tertiary/aromatic N) is 1. The van der Waals surface area contributed by atoms with Crippen molar-refractivity contribution in [2.45, 2.75) is 6.92 Å². The Hall–Kier alpha value is -4.51. The number of esters is 1. The number of rotatable bonds is 9. The van der Waals surface area contributed by atoms with Crippen molar-refractivity contribution >= 4 is 78.6 Å². The first-order valence-electron chi connectivity index (χ1n) is 13.0. The molecule has 5 aromatic rings. The fourth-order valence-corrected chi connectivity index (χ4v) is 5.96. The molecule has 0 saturated carbocycles. The van der Waals surface area contributed by atoms with Gasteiger partial charge in [-0.05, 0) is 79.2 Å². The quantitative estimate of drug-likeness (QED) is 0.0714. The predicted octanol–water partition coefficient (Wildman–Crippen LogP) is 7.95. The maximum Gasteiger partial charge on any atom is 0.343 e. The highest BCUT2D eigenvalue weighted by atomic mass is 79.9. The van der Waals surface area contributed by atoms with Gasteiger partial charge in [-0.2, -0.15) is 5.10 Å². The van der Waals surface area contributed by atoms with Crippen LogP contribution in [0.3, 0.4) is 0 Å². The predicted molar refractivity (Wildman–Crippen MR) is 173 cm³/mol. The number of benzene rings is 4. The molecule has 8 nitrogen and oxygen atoms in total. The molecule has 11 heteroatoms. The van der Waals surface area contributed by atoms with Crippen LogP contribution in [0.1, 0.15) is 42.9 Å². The van der Waals surface area contributed by atoms with Crippen LogP contribution in [0.25, 0.3) is 10.1 Å². The van der Waals surface area contributed by atoms with E-state index >= 15 is 0 Å². The smallest absolute Gasteiger partial charge is 0.343 e. The van der Waals surface area contributed by atoms with Crippen molar-refractivity contribution in [2.24, 2.45) is 5.10 Å². The number of anilines is 1. The molecule has 2 N–H and O–H groups in total. The van der Waals surface area contributed by atoms with Gasteiger partial charge in [-0.15, -0.1) is 11.3 Å². The Morgan fingerprint density at radius 2 is 1.67 bits per heavy atom. The molecule has 0 bridgehead atoms. The topological polar surface area (TPSA) is 106 Å². The van der Waals surface area contributed by atoms with Crippen LogP contribution in [0.2, 0.25) is 5.02 Å². The van der Waals surface area contributed by atoms with Crippen molar-refractivity contribution in [3.63, 3.8) is 0 Å². The summed E-state index contributed by atoms with van der Waals surface area (Å²) in [4.78, 5) is 38.3. The normalized spacial score (nSPS) is 11.0. The lowest BCUT2D eigenvalue weighted by molar-refractivity contribution is 0.0728. The maximum atomic E-state index is 12.9. The van der Waals surface area contributed by atoms with Crippen molar-refractivity contribution in [3.8, 4) is 11.5 Å². The van der Waals surface area contributed by atoms with E-state index in [9.17, 15) is 14.4 Å². The summed E-state index contributed by atoms with van der Waals surface area (Å²) in [6.07, 6.45) is 1.45. The van der Waals surface area contributed by atoms with Gasteiger partial charge in [0.15, 0.2) is 11.5 Å². The molecule has 0 unspecified atom stereocenters. The van der Waals surface area contributed by atoms with Gasteiger partial charge in [0.1, 0.15) is 4.88 Å². The Kier molecular flexibility index (Phi) is 9.51. The standard InChI is InChI=1S/C32H23BrClN3O5S/c1-2-41-26-16-19(8-15-25(26)42-32(40)21-6-4-3-5-7-21)18-35-37-30(38)20-9-12-23(13-10-20)36-31(39)29-28(34)24-14-11-22(33)17-27(24)43-29/h3-18H,2H2,1H3,(H,36,39)(H,37,38)/b35-18-. The molecular formula is C32H23BrClN3O5S. The number of thiophene rings is 1. The third-order valence-electron chi connectivity index (χ3n) is 6.06. The van der Waals surface area contributed by atoms with Gasteiger partial charge in [-0.1, -0.05) is 51.8 Å². The van der Waals surface area contributed by atoms with Gasteiger partial charge in [0.25, 0.3) is 11.8 Å². The highest BCUT2D eigenvalue weighted by molar-refractivity contribution is 9.10. The first-order chi connectivity index (χ1) is 20.8. The van der Waals surface area contributed by atoms with Crippen LogP contribution < -0.4 is 20.2 Å². The molecule has 2 amide bonds. The highest BCUT2D eigenvalue weighted by Crippen LogP contribution is 2.37. The molecule has 0 spiro atoms. The molecule has 0 radical (unpaired) electrons. The molecule has 0 aliphatic carbocycles. The Balaban J connectivity index is 1.19. The summed E-state index contributed by atoms with van der Waals surface area (Å²) in [6.45, 7) is 2.18. The van der Waals surface area contributed by atoms with E-state index in [2.05, 4.69) is 31.8 Å². The van der Waals surface area contributed by atoms with Gasteiger partial charge in [0.05, 0.1) is 23.4 Å². The van der Waals surface area contributed by atoms with E-state index in [4.69, 9.17) is 21.1 Å². The summed E-state index contributed by atoms with van der Waals surface area (Å²) in [6, 6.07) is 25.6. The summed E-state index contributed by atoms with van der Waals surface area (Å²) >= 11 is 11.2. The van der Waals surface area contributed by atoms with Crippen LogP contribution in [0.4, 0.5) is 5.69 Å². The zero-order valence-corrected chi connectivity index (χ0v) is 25.8. The van der Waals surface area contributed by atoms with Gasteiger partial charge in [-0.3, -0.25) is 9.59 Å². The average Bonchev–Trinajstić information content (AvgIpc) is 3.34. The fraction of sp³-hybridized carbons (Fsp3) is 0.0625. The molecule has 1 aromatic heterocycles. The number of halogens is 2. The average molecular weight is 677 g/mol. The molecule has 5 rings (SSSR count). The lowest BCUT2D eigenvalue weighted by atomic mass is 10.2. The molecule has 216 valence electrons. The summed E-state index contributed by atoms with van der Waals surface area (Å²) < 4.78 is 12.9. The number of hydrazone groups is 1. The van der Waals surface area contributed by atoms with E-state index in [1.54, 1.807) is 66.7 Å². The van der Waals surface area contributed by atoms with Gasteiger partial charge in [0.2, 0.25) is 0 Å². The minimum absolute atomic E-state index is 0.270. The lowest BCUT2D eigenvalue weighted by Crippen LogP contribution is -2.17. The zero-order chi connectivity index (χ0) is 30.3. The Morgan fingerprint density at radius 1 is 0.907 bits per heavy atom. The summed E-state index contributed by atoms with van der Waals surface area (Å²) in [5.74, 6) is -0.642. The highest BCUT2D eigenvalue weighted by Gasteiger charge is 2.18. The second-order valence-electron chi connectivity index (χ2n) is 9.01. The first-order valence-corrected chi connectivity index (χ1v) is 15.0. The molecule has 0 atom stereocenters. The molecule has 0 aliphatic heterocycles. The summed E-state index contributed by atoms with van der Waals surface area (Å²) in [7, 11) is 0. The molecule has 4 aromatic carbocycles. The second-order valence-corrected chi connectivity index (χ2v) is 11.4. The van der Waals surface area contributed by atoms with Crippen molar-refractivity contribution < 1.29 is 23.9 Å². The SMILES string of the molecule is CCOc1cc(/C=N\NC(=O)c2ccc(NC(=O)c3sc4cc(Br)ccc4c3Cl)cc2)ccc1OC(=O)c1ccccc1. The van der Waals surface area contributed by atoms with Gasteiger partial charge in [0, 0.05) is 25.8 Å². The lowest BCUT2D eigenvalue weighted by Gasteiger charge is -2.11. The van der Waals surface area contributed by atoms with Crippen LogP contribution in [-0.2, 0) is 0 Å². The third kappa shape index (κ3) is 7.29. The number of fused-ring (bicyclic) bond motifs is 1. The summed E-state index contributed by atoms with van der Waals surface area (Å²) in [5, 5.41) is 8.06. The summed E-state index contributed by atoms with van der Waals surface area (Å²) in [5.41, 5.74) is 4.37. The number of carbonyl (C=O) groups is 3. The van der Waals surface area contributed by atoms with Gasteiger partial charge in [-0.25, -0.2) is 10.2 Å². The number of nitrogens with one attached hydrogen (secondary N) is 2. The van der Waals surface area contributed by atoms with Crippen molar-refractivity contribution in [1.82, 2.24) is 5.43 Å². The minimum Gasteiger partial charge on any atom is -0.490 e. The monoisotopic (exact) mass is 675 g/mol. The van der Waals surface area contributed by atoms with E-state index in [0.29, 0.717) is 44.6 Å². The molecular weight excluding hydrogens is 654 g/mol. The fourth-order valence-electron chi connectivity index (χ4n) is 4.00. The number of ether oxygens (including phenoxy) is 2. The van der Waals surface area contributed by atoms with E-state index in [-0.39, 0.29) is 11.7 Å². The third-order valence-corrected chi connectivity index (χ3v) is 8.21. The van der Waals surface area contributed by atoms with Crippen molar-refractivity contribution in [2.75, 3.05) is 11.9 Å². The Bertz CT molecular complexity index is 1840. The van der Waals surface area contributed by atoms with Crippen LogP contribution in [-0.4, -0.2) is 30.6 Å². The van der Waals surface area contributed by atoms with Crippen LogP contribution in [0.15, 0.2) is 101 Å². The van der Waals surface area contributed by atoms with E-state index in [1.165, 1.54) is 17.6 Å².